The minimum atomic E-state index is -0.365. The highest BCUT2D eigenvalue weighted by Gasteiger charge is 2.05. The van der Waals surface area contributed by atoms with Crippen LogP contribution in [0.1, 0.15) is 6.92 Å². The molecule has 6 heteroatoms. The molecule has 0 fully saturated rings. The summed E-state index contributed by atoms with van der Waals surface area (Å²) < 4.78 is 0. The third kappa shape index (κ3) is 6.38. The first-order valence-corrected chi connectivity index (χ1v) is 4.44. The lowest BCUT2D eigenvalue weighted by atomic mass is 10.2. The van der Waals surface area contributed by atoms with Gasteiger partial charge in [0, 0.05) is 13.2 Å². The smallest absolute Gasteiger partial charge is 0.239 e. The first-order valence-electron chi connectivity index (χ1n) is 4.44. The maximum Gasteiger partial charge on any atom is 0.239 e. The summed E-state index contributed by atoms with van der Waals surface area (Å²) in [5, 5.41) is 13.6. The summed E-state index contributed by atoms with van der Waals surface area (Å²) >= 11 is 0. The summed E-state index contributed by atoms with van der Waals surface area (Å²) in [6.07, 6.45) is 0. The van der Waals surface area contributed by atoms with Crippen molar-refractivity contribution in [3.05, 3.63) is 0 Å². The summed E-state index contributed by atoms with van der Waals surface area (Å²) in [7, 11) is 0. The van der Waals surface area contributed by atoms with Crippen molar-refractivity contribution < 1.29 is 14.7 Å². The Kier molecular flexibility index (Phi) is 6.69. The quantitative estimate of drug-likeness (QED) is 0.393. The van der Waals surface area contributed by atoms with E-state index in [0.717, 1.165) is 0 Å². The molecule has 82 valence electrons. The Hall–Kier alpha value is -1.14. The molecular formula is C8H17N3O3. The molecule has 0 aromatic rings. The van der Waals surface area contributed by atoms with E-state index in [1.807, 2.05) is 0 Å². The van der Waals surface area contributed by atoms with Crippen molar-refractivity contribution in [1.29, 1.82) is 0 Å². The fourth-order valence-corrected chi connectivity index (χ4v) is 0.666. The van der Waals surface area contributed by atoms with Crippen LogP contribution in [0.15, 0.2) is 0 Å². The molecule has 0 aliphatic heterocycles. The largest absolute Gasteiger partial charge is 0.396 e. The molecule has 0 heterocycles. The summed E-state index contributed by atoms with van der Waals surface area (Å²) in [4.78, 5) is 21.7. The van der Waals surface area contributed by atoms with Crippen LogP contribution in [0.5, 0.6) is 0 Å². The second kappa shape index (κ2) is 7.28. The maximum absolute atomic E-state index is 11.0. The van der Waals surface area contributed by atoms with Crippen molar-refractivity contribution in [2.75, 3.05) is 26.2 Å². The number of aliphatic hydroxyl groups excluding tert-OH is 1. The third-order valence-corrected chi connectivity index (χ3v) is 1.59. The van der Waals surface area contributed by atoms with Gasteiger partial charge >= 0.3 is 0 Å². The lowest BCUT2D eigenvalue weighted by molar-refractivity contribution is -0.125. The van der Waals surface area contributed by atoms with Gasteiger partial charge in [0.1, 0.15) is 0 Å². The van der Waals surface area contributed by atoms with Gasteiger partial charge in [0.15, 0.2) is 0 Å². The predicted molar refractivity (Wildman–Crippen MR) is 51.3 cm³/mol. The second-order valence-corrected chi connectivity index (χ2v) is 3.07. The molecule has 0 bridgehead atoms. The number of carbonyl (C=O) groups excluding carboxylic acids is 2. The van der Waals surface area contributed by atoms with E-state index in [-0.39, 0.29) is 37.4 Å². The normalized spacial score (nSPS) is 11.9. The van der Waals surface area contributed by atoms with Crippen LogP contribution in [0.3, 0.4) is 0 Å². The predicted octanol–water partition coefficient (Wildman–Crippen LogP) is -2.19. The van der Waals surface area contributed by atoms with Crippen molar-refractivity contribution >= 4 is 11.8 Å². The monoisotopic (exact) mass is 203 g/mol. The van der Waals surface area contributed by atoms with Crippen molar-refractivity contribution in [3.63, 3.8) is 0 Å². The lowest BCUT2D eigenvalue weighted by Crippen LogP contribution is -2.40. The number of rotatable bonds is 6. The van der Waals surface area contributed by atoms with E-state index in [1.165, 1.54) is 0 Å². The zero-order valence-electron chi connectivity index (χ0n) is 8.25. The van der Waals surface area contributed by atoms with E-state index in [4.69, 9.17) is 10.8 Å². The number of hydrogen-bond donors (Lipinski definition) is 4. The maximum atomic E-state index is 11.0. The average molecular weight is 203 g/mol. The topological polar surface area (TPSA) is 104 Å². The Bertz CT molecular complexity index is 196. The molecule has 5 N–H and O–H groups in total. The highest BCUT2D eigenvalue weighted by atomic mass is 16.3. The highest BCUT2D eigenvalue weighted by molar-refractivity contribution is 5.85. The van der Waals surface area contributed by atoms with Crippen molar-refractivity contribution in [1.82, 2.24) is 10.6 Å². The van der Waals surface area contributed by atoms with E-state index in [1.54, 1.807) is 6.92 Å². The molecule has 0 rings (SSSR count). The fraction of sp³-hybridized carbons (Fsp3) is 0.750. The molecular weight excluding hydrogens is 186 g/mol. The van der Waals surface area contributed by atoms with Crippen LogP contribution in [-0.4, -0.2) is 43.2 Å². The first kappa shape index (κ1) is 12.9. The molecule has 2 amide bonds. The van der Waals surface area contributed by atoms with Crippen LogP contribution >= 0.6 is 0 Å². The third-order valence-electron chi connectivity index (χ3n) is 1.59. The summed E-state index contributed by atoms with van der Waals surface area (Å²) in [5.74, 6) is -0.633. The molecule has 0 aromatic carbocycles. The van der Waals surface area contributed by atoms with Gasteiger partial charge in [0.2, 0.25) is 11.8 Å². The molecule has 6 nitrogen and oxygen atoms in total. The minimum absolute atomic E-state index is 0.0177. The number of nitrogens with one attached hydrogen (secondary N) is 2. The molecule has 0 saturated heterocycles. The number of carbonyl (C=O) groups is 2. The summed E-state index contributed by atoms with van der Waals surface area (Å²) in [6, 6.07) is 0. The Morgan fingerprint density at radius 1 is 1.36 bits per heavy atom. The van der Waals surface area contributed by atoms with Crippen LogP contribution in [0.2, 0.25) is 0 Å². The molecule has 14 heavy (non-hydrogen) atoms. The SMILES string of the molecule is CC(CO)CNC(=O)CNC(=O)CN. The molecule has 0 saturated carbocycles. The number of hydrogen-bond acceptors (Lipinski definition) is 4. The van der Waals surface area contributed by atoms with E-state index < -0.39 is 0 Å². The average Bonchev–Trinajstić information content (AvgIpc) is 2.22. The van der Waals surface area contributed by atoms with E-state index in [2.05, 4.69) is 10.6 Å². The zero-order valence-corrected chi connectivity index (χ0v) is 8.25. The number of amides is 2. The van der Waals surface area contributed by atoms with Crippen LogP contribution in [0, 0.1) is 5.92 Å². The first-order chi connectivity index (χ1) is 6.60. The summed E-state index contributed by atoms with van der Waals surface area (Å²) in [5.41, 5.74) is 5.03. The standard InChI is InChI=1S/C8H17N3O3/c1-6(5-12)3-10-8(14)4-11-7(13)2-9/h6,12H,2-5,9H2,1H3,(H,10,14)(H,11,13). The second-order valence-electron chi connectivity index (χ2n) is 3.07. The number of aliphatic hydroxyl groups is 1. The highest BCUT2D eigenvalue weighted by Crippen LogP contribution is 1.87. The van der Waals surface area contributed by atoms with Crippen LogP contribution in [0.4, 0.5) is 0 Å². The van der Waals surface area contributed by atoms with Gasteiger partial charge in [-0.25, -0.2) is 0 Å². The van der Waals surface area contributed by atoms with Gasteiger partial charge < -0.3 is 21.5 Å². The van der Waals surface area contributed by atoms with Gasteiger partial charge in [0.05, 0.1) is 13.1 Å². The van der Waals surface area contributed by atoms with E-state index in [0.29, 0.717) is 6.54 Å². The van der Waals surface area contributed by atoms with Gasteiger partial charge in [-0.15, -0.1) is 0 Å². The Morgan fingerprint density at radius 3 is 2.50 bits per heavy atom. The van der Waals surface area contributed by atoms with Crippen LogP contribution in [-0.2, 0) is 9.59 Å². The molecule has 1 unspecified atom stereocenters. The van der Waals surface area contributed by atoms with Gasteiger partial charge in [-0.2, -0.15) is 0 Å². The van der Waals surface area contributed by atoms with E-state index >= 15 is 0 Å². The molecule has 0 spiro atoms. The van der Waals surface area contributed by atoms with Crippen LogP contribution in [0.25, 0.3) is 0 Å². The zero-order chi connectivity index (χ0) is 11.0. The van der Waals surface area contributed by atoms with Crippen molar-refractivity contribution in [3.8, 4) is 0 Å². The van der Waals surface area contributed by atoms with Crippen LogP contribution < -0.4 is 16.4 Å². The van der Waals surface area contributed by atoms with Gasteiger partial charge in [0.25, 0.3) is 0 Å². The number of nitrogens with two attached hydrogens (primary N) is 1. The van der Waals surface area contributed by atoms with Crippen molar-refractivity contribution in [2.24, 2.45) is 11.7 Å². The Balaban J connectivity index is 3.51. The molecule has 0 aliphatic rings. The Labute approximate surface area is 82.9 Å². The molecule has 0 aromatic heterocycles. The molecule has 0 aliphatic carbocycles. The van der Waals surface area contributed by atoms with Crippen molar-refractivity contribution in [2.45, 2.75) is 6.92 Å². The molecule has 0 radical (unpaired) electrons. The molecule has 1 atom stereocenters. The van der Waals surface area contributed by atoms with Gasteiger partial charge in [-0.3, -0.25) is 9.59 Å². The lowest BCUT2D eigenvalue weighted by Gasteiger charge is -2.09. The fourth-order valence-electron chi connectivity index (χ4n) is 0.666. The minimum Gasteiger partial charge on any atom is -0.396 e. The van der Waals surface area contributed by atoms with E-state index in [9.17, 15) is 9.59 Å². The van der Waals surface area contributed by atoms with Gasteiger partial charge in [-0.05, 0) is 5.92 Å². The van der Waals surface area contributed by atoms with Gasteiger partial charge in [-0.1, -0.05) is 6.92 Å². The Morgan fingerprint density at radius 2 is 2.00 bits per heavy atom. The summed E-state index contributed by atoms with van der Waals surface area (Å²) in [6.45, 7) is 2.02.